The van der Waals surface area contributed by atoms with Crippen LogP contribution in [0.3, 0.4) is 0 Å². The number of unbranched alkanes of at least 4 members (excludes halogenated alkanes) is 1. The summed E-state index contributed by atoms with van der Waals surface area (Å²) in [6.07, 6.45) is 2.04. The molecule has 1 aromatic carbocycles. The Morgan fingerprint density at radius 3 is 2.40 bits per heavy atom. The van der Waals surface area contributed by atoms with E-state index < -0.39 is 0 Å². The van der Waals surface area contributed by atoms with E-state index in [0.717, 1.165) is 23.9 Å². The highest BCUT2D eigenvalue weighted by Crippen LogP contribution is 2.10. The first kappa shape index (κ1) is 16.7. The van der Waals surface area contributed by atoms with Crippen molar-refractivity contribution in [1.82, 2.24) is 10.2 Å². The lowest BCUT2D eigenvalue weighted by Crippen LogP contribution is -2.38. The molecular formula is C15H21BrN2O2. The summed E-state index contributed by atoms with van der Waals surface area (Å²) in [6.45, 7) is 5.43. The molecule has 0 atom stereocenters. The van der Waals surface area contributed by atoms with E-state index in [2.05, 4.69) is 28.2 Å². The smallest absolute Gasteiger partial charge is 0.251 e. The van der Waals surface area contributed by atoms with Crippen molar-refractivity contribution in [2.75, 3.05) is 19.6 Å². The number of benzene rings is 1. The molecule has 0 aromatic heterocycles. The van der Waals surface area contributed by atoms with Gasteiger partial charge in [-0.15, -0.1) is 0 Å². The molecule has 0 fully saturated rings. The Labute approximate surface area is 128 Å². The standard InChI is InChI=1S/C15H21BrN2O2/c1-3-4-10-18(12(2)19)11-9-17-15(20)13-5-7-14(16)8-6-13/h5-8H,3-4,9-11H2,1-2H3,(H,17,20). The fourth-order valence-corrected chi connectivity index (χ4v) is 2.05. The zero-order chi connectivity index (χ0) is 15.0. The van der Waals surface area contributed by atoms with Crippen molar-refractivity contribution in [3.05, 3.63) is 34.3 Å². The Kier molecular flexibility index (Phi) is 7.30. The number of halogens is 1. The summed E-state index contributed by atoms with van der Waals surface area (Å²) in [5.41, 5.74) is 0.621. The van der Waals surface area contributed by atoms with Crippen LogP contribution < -0.4 is 5.32 Å². The first-order valence-corrected chi connectivity index (χ1v) is 7.63. The minimum Gasteiger partial charge on any atom is -0.350 e. The minimum atomic E-state index is -0.114. The molecule has 1 rings (SSSR count). The Bertz CT molecular complexity index is 446. The Morgan fingerprint density at radius 1 is 1.20 bits per heavy atom. The third kappa shape index (κ3) is 5.74. The van der Waals surface area contributed by atoms with Crippen LogP contribution in [0.2, 0.25) is 0 Å². The summed E-state index contributed by atoms with van der Waals surface area (Å²) in [6, 6.07) is 7.19. The van der Waals surface area contributed by atoms with Gasteiger partial charge in [0.2, 0.25) is 5.91 Å². The van der Waals surface area contributed by atoms with Crippen LogP contribution >= 0.6 is 15.9 Å². The van der Waals surface area contributed by atoms with Gasteiger partial charge in [-0.3, -0.25) is 9.59 Å². The average Bonchev–Trinajstić information content (AvgIpc) is 2.42. The number of nitrogens with zero attached hydrogens (tertiary/aromatic N) is 1. The lowest BCUT2D eigenvalue weighted by molar-refractivity contribution is -0.128. The monoisotopic (exact) mass is 340 g/mol. The fourth-order valence-electron chi connectivity index (χ4n) is 1.78. The molecule has 2 amide bonds. The zero-order valence-corrected chi connectivity index (χ0v) is 13.6. The Balaban J connectivity index is 2.40. The fraction of sp³-hybridized carbons (Fsp3) is 0.467. The van der Waals surface area contributed by atoms with Crippen LogP contribution in [0.1, 0.15) is 37.0 Å². The molecule has 0 radical (unpaired) electrons. The van der Waals surface area contributed by atoms with Crippen molar-refractivity contribution in [2.24, 2.45) is 0 Å². The van der Waals surface area contributed by atoms with Gasteiger partial charge in [0.15, 0.2) is 0 Å². The van der Waals surface area contributed by atoms with E-state index in [0.29, 0.717) is 18.7 Å². The van der Waals surface area contributed by atoms with Crippen molar-refractivity contribution < 1.29 is 9.59 Å². The molecule has 0 aliphatic heterocycles. The summed E-state index contributed by atoms with van der Waals surface area (Å²) in [5.74, 6) is -0.0622. The highest BCUT2D eigenvalue weighted by Gasteiger charge is 2.09. The molecule has 5 heteroatoms. The zero-order valence-electron chi connectivity index (χ0n) is 12.0. The van der Waals surface area contributed by atoms with Crippen LogP contribution in [0.15, 0.2) is 28.7 Å². The Hall–Kier alpha value is -1.36. The average molecular weight is 341 g/mol. The van der Waals surface area contributed by atoms with Crippen LogP contribution in [-0.4, -0.2) is 36.3 Å². The molecule has 0 saturated carbocycles. The van der Waals surface area contributed by atoms with Gasteiger partial charge < -0.3 is 10.2 Å². The lowest BCUT2D eigenvalue weighted by atomic mass is 10.2. The second kappa shape index (κ2) is 8.74. The van der Waals surface area contributed by atoms with Crippen LogP contribution in [0.5, 0.6) is 0 Å². The van der Waals surface area contributed by atoms with Gasteiger partial charge >= 0.3 is 0 Å². The van der Waals surface area contributed by atoms with E-state index in [9.17, 15) is 9.59 Å². The molecule has 20 heavy (non-hydrogen) atoms. The molecule has 1 N–H and O–H groups in total. The summed E-state index contributed by atoms with van der Waals surface area (Å²) >= 11 is 3.33. The SMILES string of the molecule is CCCCN(CCNC(=O)c1ccc(Br)cc1)C(C)=O. The van der Waals surface area contributed by atoms with Gasteiger partial charge in [0.1, 0.15) is 0 Å². The number of rotatable bonds is 7. The molecule has 1 aromatic rings. The predicted octanol–water partition coefficient (Wildman–Crippen LogP) is 2.83. The quantitative estimate of drug-likeness (QED) is 0.829. The lowest BCUT2D eigenvalue weighted by Gasteiger charge is -2.20. The number of hydrogen-bond donors (Lipinski definition) is 1. The van der Waals surface area contributed by atoms with Crippen LogP contribution in [0, 0.1) is 0 Å². The summed E-state index contributed by atoms with van der Waals surface area (Å²) in [5, 5.41) is 2.83. The molecule has 110 valence electrons. The van der Waals surface area contributed by atoms with E-state index in [-0.39, 0.29) is 11.8 Å². The van der Waals surface area contributed by atoms with Gasteiger partial charge in [-0.25, -0.2) is 0 Å². The molecule has 0 aliphatic carbocycles. The van der Waals surface area contributed by atoms with Crippen molar-refractivity contribution in [3.63, 3.8) is 0 Å². The van der Waals surface area contributed by atoms with Gasteiger partial charge in [-0.05, 0) is 30.7 Å². The van der Waals surface area contributed by atoms with Gasteiger partial charge in [-0.2, -0.15) is 0 Å². The first-order chi connectivity index (χ1) is 9.54. The molecule has 0 aliphatic rings. The maximum atomic E-state index is 11.9. The largest absolute Gasteiger partial charge is 0.350 e. The number of nitrogens with one attached hydrogen (secondary N) is 1. The second-order valence-corrected chi connectivity index (χ2v) is 5.54. The number of carbonyl (C=O) groups is 2. The molecule has 0 unspecified atom stereocenters. The number of carbonyl (C=O) groups excluding carboxylic acids is 2. The number of amides is 2. The highest BCUT2D eigenvalue weighted by molar-refractivity contribution is 9.10. The minimum absolute atomic E-state index is 0.0522. The summed E-state index contributed by atoms with van der Waals surface area (Å²) < 4.78 is 0.941. The second-order valence-electron chi connectivity index (χ2n) is 4.62. The third-order valence-electron chi connectivity index (χ3n) is 3.00. The Morgan fingerprint density at radius 2 is 1.85 bits per heavy atom. The maximum Gasteiger partial charge on any atom is 0.251 e. The molecule has 0 saturated heterocycles. The highest BCUT2D eigenvalue weighted by atomic mass is 79.9. The molecule has 0 bridgehead atoms. The molecule has 4 nitrogen and oxygen atoms in total. The normalized spacial score (nSPS) is 10.2. The molecule has 0 heterocycles. The topological polar surface area (TPSA) is 49.4 Å². The maximum absolute atomic E-state index is 11.9. The summed E-state index contributed by atoms with van der Waals surface area (Å²) in [7, 11) is 0. The molecule has 0 spiro atoms. The van der Waals surface area contributed by atoms with Gasteiger partial charge in [-0.1, -0.05) is 29.3 Å². The third-order valence-corrected chi connectivity index (χ3v) is 3.53. The number of hydrogen-bond acceptors (Lipinski definition) is 2. The van der Waals surface area contributed by atoms with E-state index in [4.69, 9.17) is 0 Å². The first-order valence-electron chi connectivity index (χ1n) is 6.84. The van der Waals surface area contributed by atoms with Gasteiger partial charge in [0, 0.05) is 36.6 Å². The van der Waals surface area contributed by atoms with Crippen LogP contribution in [0.25, 0.3) is 0 Å². The van der Waals surface area contributed by atoms with Crippen LogP contribution in [0.4, 0.5) is 0 Å². The van der Waals surface area contributed by atoms with Gasteiger partial charge in [0.05, 0.1) is 0 Å². The van der Waals surface area contributed by atoms with Crippen molar-refractivity contribution in [1.29, 1.82) is 0 Å². The van der Waals surface area contributed by atoms with E-state index >= 15 is 0 Å². The van der Waals surface area contributed by atoms with E-state index in [1.165, 1.54) is 0 Å². The predicted molar refractivity (Wildman–Crippen MR) is 83.6 cm³/mol. The summed E-state index contributed by atoms with van der Waals surface area (Å²) in [4.78, 5) is 25.1. The van der Waals surface area contributed by atoms with Crippen molar-refractivity contribution in [2.45, 2.75) is 26.7 Å². The van der Waals surface area contributed by atoms with Crippen molar-refractivity contribution >= 4 is 27.7 Å². The van der Waals surface area contributed by atoms with Gasteiger partial charge in [0.25, 0.3) is 5.91 Å². The van der Waals surface area contributed by atoms with E-state index in [1.807, 2.05) is 12.1 Å². The van der Waals surface area contributed by atoms with E-state index in [1.54, 1.807) is 24.0 Å². The molecular weight excluding hydrogens is 320 g/mol. The van der Waals surface area contributed by atoms with Crippen LogP contribution in [-0.2, 0) is 4.79 Å². The van der Waals surface area contributed by atoms with Crippen molar-refractivity contribution in [3.8, 4) is 0 Å².